The second kappa shape index (κ2) is 10.4. The van der Waals surface area contributed by atoms with Crippen LogP contribution in [-0.2, 0) is 10.0 Å². The number of aryl methyl sites for hydroxylation is 1. The smallest absolute Gasteiger partial charge is 0.264 e. The Morgan fingerprint density at radius 3 is 2.69 bits per heavy atom. The summed E-state index contributed by atoms with van der Waals surface area (Å²) in [6, 6.07) is 16.5. The number of benzene rings is 3. The molecular weight excluding hydrogens is 489 g/mol. The van der Waals surface area contributed by atoms with Gasteiger partial charge in [0.25, 0.3) is 10.0 Å². The van der Waals surface area contributed by atoms with Crippen LogP contribution in [0.15, 0.2) is 65.6 Å². The Bertz CT molecular complexity index is 1350. The standard InChI is InChI=1S/C27H27ClFNO4S/c1-18-6-3-8-22(14-18)35(32,33)30-17-21(7-5-13-31)34-26-12-11-20(16-25(26)30)15-19(2)27-23(28)9-4-10-24(27)29/h3-4,6,8-12,14-16,21,31H,5,7,13,17H2,1-2H3/b19-15+/t21-/m0/s1. The second-order valence-corrected chi connectivity index (χ2v) is 10.9. The summed E-state index contributed by atoms with van der Waals surface area (Å²) in [5.74, 6) is 0.0112. The zero-order valence-electron chi connectivity index (χ0n) is 19.5. The molecule has 0 aliphatic carbocycles. The summed E-state index contributed by atoms with van der Waals surface area (Å²) in [7, 11) is -3.88. The Balaban J connectivity index is 1.78. The van der Waals surface area contributed by atoms with Crippen molar-refractivity contribution in [2.24, 2.45) is 0 Å². The molecule has 35 heavy (non-hydrogen) atoms. The van der Waals surface area contributed by atoms with Gasteiger partial charge in [0.2, 0.25) is 0 Å². The van der Waals surface area contributed by atoms with Crippen molar-refractivity contribution in [3.05, 3.63) is 88.2 Å². The first-order valence-corrected chi connectivity index (χ1v) is 13.2. The number of aliphatic hydroxyl groups excluding tert-OH is 1. The van der Waals surface area contributed by atoms with E-state index in [-0.39, 0.29) is 18.0 Å². The molecule has 3 aromatic carbocycles. The van der Waals surface area contributed by atoms with E-state index in [0.717, 1.165) is 5.56 Å². The lowest BCUT2D eigenvalue weighted by atomic mass is 10.0. The first kappa shape index (κ1) is 25.2. The fourth-order valence-electron chi connectivity index (χ4n) is 4.22. The zero-order chi connectivity index (χ0) is 25.2. The SMILES string of the molecule is C/C(=C\c1ccc2c(c1)N(S(=O)(=O)c1cccc(C)c1)C[C@H](CCCO)O2)c1c(F)cccc1Cl. The van der Waals surface area contributed by atoms with E-state index in [4.69, 9.17) is 16.3 Å². The first-order chi connectivity index (χ1) is 16.7. The van der Waals surface area contributed by atoms with Gasteiger partial charge < -0.3 is 9.84 Å². The molecule has 0 amide bonds. The predicted molar refractivity (Wildman–Crippen MR) is 138 cm³/mol. The van der Waals surface area contributed by atoms with Crippen molar-refractivity contribution in [3.63, 3.8) is 0 Å². The number of sulfonamides is 1. The number of fused-ring (bicyclic) bond motifs is 1. The van der Waals surface area contributed by atoms with Crippen molar-refractivity contribution < 1.29 is 22.7 Å². The summed E-state index contributed by atoms with van der Waals surface area (Å²) in [5.41, 5.74) is 2.84. The minimum Gasteiger partial charge on any atom is -0.486 e. The number of aliphatic hydroxyl groups is 1. The van der Waals surface area contributed by atoms with Crippen LogP contribution in [0, 0.1) is 12.7 Å². The zero-order valence-corrected chi connectivity index (χ0v) is 21.1. The lowest BCUT2D eigenvalue weighted by molar-refractivity contribution is 0.172. The molecule has 1 heterocycles. The van der Waals surface area contributed by atoms with Crippen molar-refractivity contribution in [1.29, 1.82) is 0 Å². The number of allylic oxidation sites excluding steroid dienone is 1. The molecule has 1 aliphatic rings. The van der Waals surface area contributed by atoms with Crippen LogP contribution in [0.4, 0.5) is 10.1 Å². The number of nitrogens with zero attached hydrogens (tertiary/aromatic N) is 1. The van der Waals surface area contributed by atoms with Gasteiger partial charge in [-0.25, -0.2) is 12.8 Å². The fraction of sp³-hybridized carbons (Fsp3) is 0.259. The van der Waals surface area contributed by atoms with Crippen LogP contribution in [0.5, 0.6) is 5.75 Å². The van der Waals surface area contributed by atoms with Gasteiger partial charge in [0.05, 0.1) is 22.2 Å². The maximum Gasteiger partial charge on any atom is 0.264 e. The van der Waals surface area contributed by atoms with Gasteiger partial charge in [-0.15, -0.1) is 0 Å². The van der Waals surface area contributed by atoms with E-state index in [1.54, 1.807) is 61.5 Å². The molecule has 0 spiro atoms. The molecule has 3 aromatic rings. The van der Waals surface area contributed by atoms with E-state index in [2.05, 4.69) is 0 Å². The molecule has 0 saturated carbocycles. The van der Waals surface area contributed by atoms with Gasteiger partial charge in [-0.05, 0) is 79.8 Å². The van der Waals surface area contributed by atoms with Gasteiger partial charge in [-0.1, -0.05) is 41.9 Å². The highest BCUT2D eigenvalue weighted by Gasteiger charge is 2.34. The fourth-order valence-corrected chi connectivity index (χ4v) is 6.13. The van der Waals surface area contributed by atoms with E-state index in [0.29, 0.717) is 46.0 Å². The summed E-state index contributed by atoms with van der Waals surface area (Å²) in [6.45, 7) is 3.72. The molecule has 184 valence electrons. The highest BCUT2D eigenvalue weighted by atomic mass is 35.5. The lowest BCUT2D eigenvalue weighted by Crippen LogP contribution is -2.43. The van der Waals surface area contributed by atoms with Gasteiger partial charge in [0.1, 0.15) is 17.7 Å². The van der Waals surface area contributed by atoms with Crippen molar-refractivity contribution in [1.82, 2.24) is 0 Å². The van der Waals surface area contributed by atoms with E-state index in [1.165, 1.54) is 10.4 Å². The van der Waals surface area contributed by atoms with Gasteiger partial charge in [-0.3, -0.25) is 4.31 Å². The van der Waals surface area contributed by atoms with E-state index < -0.39 is 21.9 Å². The molecule has 0 aromatic heterocycles. The summed E-state index contributed by atoms with van der Waals surface area (Å²) in [4.78, 5) is 0.196. The van der Waals surface area contributed by atoms with Gasteiger partial charge >= 0.3 is 0 Å². The molecule has 0 unspecified atom stereocenters. The van der Waals surface area contributed by atoms with E-state index in [9.17, 15) is 17.9 Å². The van der Waals surface area contributed by atoms with Crippen LogP contribution in [0.3, 0.4) is 0 Å². The molecule has 0 bridgehead atoms. The third kappa shape index (κ3) is 5.37. The van der Waals surface area contributed by atoms with Crippen LogP contribution in [0.1, 0.15) is 36.5 Å². The number of hydrogen-bond donors (Lipinski definition) is 1. The summed E-state index contributed by atoms with van der Waals surface area (Å²) in [6.07, 6.45) is 2.39. The Kier molecular flexibility index (Phi) is 7.50. The maximum absolute atomic E-state index is 14.4. The molecule has 1 N–H and O–H groups in total. The second-order valence-electron chi connectivity index (χ2n) is 8.61. The van der Waals surface area contributed by atoms with Crippen LogP contribution in [-0.4, -0.2) is 32.8 Å². The third-order valence-electron chi connectivity index (χ3n) is 5.92. The Labute approximate surface area is 210 Å². The van der Waals surface area contributed by atoms with Crippen LogP contribution < -0.4 is 9.04 Å². The van der Waals surface area contributed by atoms with Crippen molar-refractivity contribution in [3.8, 4) is 5.75 Å². The van der Waals surface area contributed by atoms with E-state index >= 15 is 0 Å². The molecule has 8 heteroatoms. The maximum atomic E-state index is 14.4. The first-order valence-electron chi connectivity index (χ1n) is 11.3. The molecule has 0 radical (unpaired) electrons. The Morgan fingerprint density at radius 1 is 1.20 bits per heavy atom. The molecule has 0 fully saturated rings. The van der Waals surface area contributed by atoms with Crippen molar-refractivity contribution in [2.45, 2.75) is 37.7 Å². The summed E-state index contributed by atoms with van der Waals surface area (Å²) in [5, 5.41) is 9.55. The molecule has 1 atom stereocenters. The molecular formula is C27H27ClFNO4S. The van der Waals surface area contributed by atoms with Gasteiger partial charge in [-0.2, -0.15) is 0 Å². The number of rotatable bonds is 7. The monoisotopic (exact) mass is 515 g/mol. The van der Waals surface area contributed by atoms with Crippen LogP contribution in [0.2, 0.25) is 5.02 Å². The van der Waals surface area contributed by atoms with Gasteiger partial charge in [0.15, 0.2) is 0 Å². The number of anilines is 1. The number of hydrogen-bond acceptors (Lipinski definition) is 4. The predicted octanol–water partition coefficient (Wildman–Crippen LogP) is 6.08. The quantitative estimate of drug-likeness (QED) is 0.387. The lowest BCUT2D eigenvalue weighted by Gasteiger charge is -2.35. The van der Waals surface area contributed by atoms with Crippen molar-refractivity contribution >= 4 is 39.0 Å². The highest BCUT2D eigenvalue weighted by Crippen LogP contribution is 2.39. The van der Waals surface area contributed by atoms with Crippen LogP contribution >= 0.6 is 11.6 Å². The van der Waals surface area contributed by atoms with Gasteiger partial charge in [0, 0.05) is 12.2 Å². The van der Waals surface area contributed by atoms with Crippen molar-refractivity contribution in [2.75, 3.05) is 17.5 Å². The number of ether oxygens (including phenoxy) is 1. The molecule has 4 rings (SSSR count). The Hall–Kier alpha value is -2.87. The topological polar surface area (TPSA) is 66.8 Å². The minimum absolute atomic E-state index is 0.00103. The highest BCUT2D eigenvalue weighted by molar-refractivity contribution is 7.92. The molecule has 1 aliphatic heterocycles. The molecule has 0 saturated heterocycles. The Morgan fingerprint density at radius 2 is 1.97 bits per heavy atom. The third-order valence-corrected chi connectivity index (χ3v) is 8.01. The molecule has 5 nitrogen and oxygen atoms in total. The average molecular weight is 516 g/mol. The normalized spacial score (nSPS) is 16.1. The van der Waals surface area contributed by atoms with Crippen LogP contribution in [0.25, 0.3) is 11.6 Å². The summed E-state index contributed by atoms with van der Waals surface area (Å²) < 4.78 is 49.3. The summed E-state index contributed by atoms with van der Waals surface area (Å²) >= 11 is 6.22. The largest absolute Gasteiger partial charge is 0.486 e. The minimum atomic E-state index is -3.88. The number of halogens is 2. The average Bonchev–Trinajstić information content (AvgIpc) is 2.82. The van der Waals surface area contributed by atoms with E-state index in [1.807, 2.05) is 13.0 Å².